The minimum atomic E-state index is -4.31. The molecule has 2 aromatic carbocycles. The van der Waals surface area contributed by atoms with Crippen molar-refractivity contribution in [2.24, 2.45) is 5.92 Å². The maximum atomic E-state index is 12.6. The number of amides is 1. The zero-order chi connectivity index (χ0) is 19.6. The molecule has 1 saturated heterocycles. The van der Waals surface area contributed by atoms with Crippen LogP contribution >= 0.6 is 23.2 Å². The topological polar surface area (TPSA) is 20.3 Å². The van der Waals surface area contributed by atoms with Crippen LogP contribution < -0.4 is 0 Å². The molecule has 1 heterocycles. The Kier molecular flexibility index (Phi) is 6.02. The highest BCUT2D eigenvalue weighted by molar-refractivity contribution is 6.35. The molecule has 1 aliphatic heterocycles. The minimum absolute atomic E-state index is 0.104. The van der Waals surface area contributed by atoms with Crippen LogP contribution in [0.3, 0.4) is 0 Å². The summed E-state index contributed by atoms with van der Waals surface area (Å²) >= 11 is 11.9. The molecule has 0 saturated carbocycles. The summed E-state index contributed by atoms with van der Waals surface area (Å²) in [7, 11) is 0. The predicted molar refractivity (Wildman–Crippen MR) is 100 cm³/mol. The third-order valence-electron chi connectivity index (χ3n) is 4.82. The highest BCUT2D eigenvalue weighted by Crippen LogP contribution is 2.30. The van der Waals surface area contributed by atoms with Gasteiger partial charge in [-0.1, -0.05) is 35.3 Å². The molecule has 1 fully saturated rings. The van der Waals surface area contributed by atoms with Crippen LogP contribution in [0, 0.1) is 5.92 Å². The number of likely N-dealkylation sites (tertiary alicyclic amines) is 1. The van der Waals surface area contributed by atoms with E-state index in [1.807, 2.05) is 0 Å². The van der Waals surface area contributed by atoms with E-state index in [2.05, 4.69) is 0 Å². The number of nitrogens with zero attached hydrogens (tertiary/aromatic N) is 1. The van der Waals surface area contributed by atoms with Crippen LogP contribution in [0.15, 0.2) is 42.5 Å². The molecule has 0 radical (unpaired) electrons. The minimum Gasteiger partial charge on any atom is -0.339 e. The van der Waals surface area contributed by atoms with Gasteiger partial charge < -0.3 is 4.90 Å². The molecule has 2 aromatic rings. The maximum absolute atomic E-state index is 12.6. The second-order valence-corrected chi connectivity index (χ2v) is 7.67. The molecule has 1 amide bonds. The van der Waals surface area contributed by atoms with Gasteiger partial charge in [-0.25, -0.2) is 0 Å². The molecule has 2 nitrogen and oxygen atoms in total. The highest BCUT2D eigenvalue weighted by Gasteiger charge is 2.30. The van der Waals surface area contributed by atoms with Crippen molar-refractivity contribution in [3.8, 4) is 0 Å². The van der Waals surface area contributed by atoms with Gasteiger partial charge in [-0.05, 0) is 61.1 Å². The van der Waals surface area contributed by atoms with Crippen LogP contribution in [0.4, 0.5) is 13.2 Å². The molecule has 0 aliphatic carbocycles. The Morgan fingerprint density at radius 2 is 1.56 bits per heavy atom. The lowest BCUT2D eigenvalue weighted by Gasteiger charge is -2.32. The number of piperidine rings is 1. The first-order valence-electron chi connectivity index (χ1n) is 8.64. The van der Waals surface area contributed by atoms with Gasteiger partial charge in [0.15, 0.2) is 0 Å². The summed E-state index contributed by atoms with van der Waals surface area (Å²) in [5.41, 5.74) is 0.718. The normalized spacial score (nSPS) is 15.8. The summed E-state index contributed by atoms with van der Waals surface area (Å²) in [5.74, 6) is 0.237. The van der Waals surface area contributed by atoms with Gasteiger partial charge in [-0.2, -0.15) is 13.2 Å². The number of halogens is 5. The fourth-order valence-electron chi connectivity index (χ4n) is 3.36. The summed E-state index contributed by atoms with van der Waals surface area (Å²) in [4.78, 5) is 14.4. The molecule has 1 aliphatic rings. The Bertz CT molecular complexity index is 793. The largest absolute Gasteiger partial charge is 0.416 e. The first kappa shape index (κ1) is 20.0. The van der Waals surface area contributed by atoms with Gasteiger partial charge in [-0.3, -0.25) is 4.79 Å². The molecule has 0 N–H and O–H groups in total. The van der Waals surface area contributed by atoms with Gasteiger partial charge in [0.2, 0.25) is 0 Å². The molecule has 27 heavy (non-hydrogen) atoms. The average Bonchev–Trinajstić information content (AvgIpc) is 2.61. The van der Waals surface area contributed by atoms with Crippen molar-refractivity contribution < 1.29 is 18.0 Å². The van der Waals surface area contributed by atoms with E-state index in [9.17, 15) is 18.0 Å². The van der Waals surface area contributed by atoms with Crippen LogP contribution in [0.25, 0.3) is 0 Å². The molecular formula is C20H18Cl2F3NO. The van der Waals surface area contributed by atoms with Crippen molar-refractivity contribution in [3.05, 3.63) is 69.2 Å². The quantitative estimate of drug-likeness (QED) is 0.592. The lowest BCUT2D eigenvalue weighted by Crippen LogP contribution is -2.38. The Morgan fingerprint density at radius 1 is 1.00 bits per heavy atom. The highest BCUT2D eigenvalue weighted by atomic mass is 35.5. The van der Waals surface area contributed by atoms with Gasteiger partial charge in [0.05, 0.1) is 5.56 Å². The molecule has 0 spiro atoms. The Hall–Kier alpha value is -1.72. The van der Waals surface area contributed by atoms with E-state index < -0.39 is 11.7 Å². The first-order chi connectivity index (χ1) is 12.7. The third kappa shape index (κ3) is 5.17. The Labute approximate surface area is 165 Å². The first-order valence-corrected chi connectivity index (χ1v) is 9.39. The number of carbonyl (C=O) groups excluding carboxylic acids is 1. The van der Waals surface area contributed by atoms with E-state index in [4.69, 9.17) is 23.2 Å². The number of hydrogen-bond donors (Lipinski definition) is 0. The molecule has 0 aromatic heterocycles. The average molecular weight is 416 g/mol. The fraction of sp³-hybridized carbons (Fsp3) is 0.350. The number of alkyl halides is 3. The molecule has 144 valence electrons. The van der Waals surface area contributed by atoms with E-state index in [1.54, 1.807) is 23.1 Å². The van der Waals surface area contributed by atoms with Crippen LogP contribution in [-0.2, 0) is 12.6 Å². The summed E-state index contributed by atoms with van der Waals surface area (Å²) in [6.45, 7) is 1.21. The van der Waals surface area contributed by atoms with Gasteiger partial charge >= 0.3 is 6.18 Å². The lowest BCUT2D eigenvalue weighted by atomic mass is 9.89. The lowest BCUT2D eigenvalue weighted by molar-refractivity contribution is -0.137. The van der Waals surface area contributed by atoms with Gasteiger partial charge in [0.25, 0.3) is 5.91 Å². The number of hydrogen-bond acceptors (Lipinski definition) is 1. The van der Waals surface area contributed by atoms with E-state index in [0.29, 0.717) is 41.0 Å². The van der Waals surface area contributed by atoms with Crippen molar-refractivity contribution in [3.63, 3.8) is 0 Å². The predicted octanol–water partition coefficient (Wildman–Crippen LogP) is 6.11. The van der Waals surface area contributed by atoms with Crippen LogP contribution in [0.5, 0.6) is 0 Å². The van der Waals surface area contributed by atoms with Crippen LogP contribution in [0.1, 0.15) is 34.3 Å². The van der Waals surface area contributed by atoms with Crippen molar-refractivity contribution in [1.29, 1.82) is 0 Å². The van der Waals surface area contributed by atoms with Crippen LogP contribution in [0.2, 0.25) is 10.0 Å². The summed E-state index contributed by atoms with van der Waals surface area (Å²) in [6.07, 6.45) is -1.99. The van der Waals surface area contributed by atoms with E-state index in [1.165, 1.54) is 12.1 Å². The molecule has 7 heteroatoms. The summed E-state index contributed by atoms with van der Waals surface area (Å²) in [5, 5.41) is 0.839. The van der Waals surface area contributed by atoms with E-state index in [-0.39, 0.29) is 5.91 Å². The second kappa shape index (κ2) is 8.11. The zero-order valence-corrected chi connectivity index (χ0v) is 15.9. The van der Waals surface area contributed by atoms with E-state index in [0.717, 1.165) is 30.5 Å². The SMILES string of the molecule is O=C(c1cc(Cl)cc(Cl)c1)N1CCC(Cc2ccc(C(F)(F)F)cc2)CC1. The molecule has 0 atom stereocenters. The molecule has 0 bridgehead atoms. The fourth-order valence-corrected chi connectivity index (χ4v) is 3.89. The molecule has 0 unspecified atom stereocenters. The standard InChI is InChI=1S/C20H18Cl2F3NO/c21-17-10-15(11-18(22)12-17)19(27)26-7-5-14(6-8-26)9-13-1-3-16(4-2-13)20(23,24)25/h1-4,10-12,14H,5-9H2. The number of benzene rings is 2. The zero-order valence-electron chi connectivity index (χ0n) is 14.4. The monoisotopic (exact) mass is 415 g/mol. The number of carbonyl (C=O) groups is 1. The maximum Gasteiger partial charge on any atom is 0.416 e. The Balaban J connectivity index is 1.56. The van der Waals surface area contributed by atoms with Gasteiger partial charge in [0, 0.05) is 28.7 Å². The van der Waals surface area contributed by atoms with Crippen molar-refractivity contribution in [2.75, 3.05) is 13.1 Å². The van der Waals surface area contributed by atoms with Crippen molar-refractivity contribution in [2.45, 2.75) is 25.4 Å². The van der Waals surface area contributed by atoms with Crippen molar-refractivity contribution >= 4 is 29.1 Å². The number of rotatable bonds is 3. The summed E-state index contributed by atoms with van der Waals surface area (Å²) in [6, 6.07) is 10.1. The second-order valence-electron chi connectivity index (χ2n) is 6.79. The molecule has 3 rings (SSSR count). The van der Waals surface area contributed by atoms with Gasteiger partial charge in [-0.15, -0.1) is 0 Å². The smallest absolute Gasteiger partial charge is 0.339 e. The Morgan fingerprint density at radius 3 is 2.07 bits per heavy atom. The van der Waals surface area contributed by atoms with Gasteiger partial charge in [0.1, 0.15) is 0 Å². The summed E-state index contributed by atoms with van der Waals surface area (Å²) < 4.78 is 37.9. The van der Waals surface area contributed by atoms with Crippen LogP contribution in [-0.4, -0.2) is 23.9 Å². The molecular weight excluding hydrogens is 398 g/mol. The van der Waals surface area contributed by atoms with E-state index >= 15 is 0 Å². The third-order valence-corrected chi connectivity index (χ3v) is 5.25. The van der Waals surface area contributed by atoms with Crippen molar-refractivity contribution in [1.82, 2.24) is 4.90 Å².